The smallest absolute Gasteiger partial charge is 0.0650 e. The Morgan fingerprint density at radius 1 is 1.21 bits per heavy atom. The molecule has 1 saturated heterocycles. The van der Waals surface area contributed by atoms with Gasteiger partial charge in [0, 0.05) is 18.3 Å². The van der Waals surface area contributed by atoms with Gasteiger partial charge in [0.2, 0.25) is 0 Å². The molecule has 1 aliphatic heterocycles. The molecule has 1 aliphatic rings. The van der Waals surface area contributed by atoms with Crippen LogP contribution in [-0.4, -0.2) is 48.8 Å². The monoisotopic (exact) mass is 262 g/mol. The number of hydrogen-bond acceptors (Lipinski definition) is 3. The maximum atomic E-state index is 9.75. The molecule has 1 aromatic carbocycles. The van der Waals surface area contributed by atoms with E-state index in [1.807, 2.05) is 0 Å². The van der Waals surface area contributed by atoms with Gasteiger partial charge in [-0.15, -0.1) is 0 Å². The Morgan fingerprint density at radius 3 is 2.42 bits per heavy atom. The molecule has 0 saturated carbocycles. The van der Waals surface area contributed by atoms with Crippen LogP contribution in [0.4, 0.5) is 5.69 Å². The largest absolute Gasteiger partial charge is 0.394 e. The fraction of sp³-hybridized carbons (Fsp3) is 0.625. The molecule has 0 spiro atoms. The predicted octanol–water partition coefficient (Wildman–Crippen LogP) is 2.19. The lowest BCUT2D eigenvalue weighted by Crippen LogP contribution is -2.46. The summed E-state index contributed by atoms with van der Waals surface area (Å²) in [6.07, 6.45) is 1.14. The van der Waals surface area contributed by atoms with Crippen LogP contribution in [0.5, 0.6) is 0 Å². The van der Waals surface area contributed by atoms with Crippen LogP contribution >= 0.6 is 0 Å². The third kappa shape index (κ3) is 3.28. The van der Waals surface area contributed by atoms with Crippen molar-refractivity contribution >= 4 is 5.69 Å². The minimum Gasteiger partial charge on any atom is -0.394 e. The zero-order valence-corrected chi connectivity index (χ0v) is 12.6. The summed E-state index contributed by atoms with van der Waals surface area (Å²) >= 11 is 0. The van der Waals surface area contributed by atoms with Crippen molar-refractivity contribution in [1.29, 1.82) is 0 Å². The number of anilines is 1. The normalized spacial score (nSPS) is 25.4. The van der Waals surface area contributed by atoms with Crippen molar-refractivity contribution < 1.29 is 5.11 Å². The highest BCUT2D eigenvalue weighted by molar-refractivity contribution is 5.53. The van der Waals surface area contributed by atoms with Crippen LogP contribution in [0.15, 0.2) is 18.2 Å². The van der Waals surface area contributed by atoms with E-state index in [1.54, 1.807) is 0 Å². The first-order valence-corrected chi connectivity index (χ1v) is 7.17. The summed E-state index contributed by atoms with van der Waals surface area (Å²) in [5.74, 6) is 0. The molecule has 0 aromatic heterocycles. The van der Waals surface area contributed by atoms with Crippen molar-refractivity contribution in [2.45, 2.75) is 39.3 Å². The van der Waals surface area contributed by atoms with Gasteiger partial charge < -0.3 is 14.9 Å². The highest BCUT2D eigenvalue weighted by atomic mass is 16.3. The number of hydrogen-bond donors (Lipinski definition) is 1. The SMILES string of the molecule is Cc1cc(C)cc(N2C(C)CCN(C)CC2CO)c1. The zero-order chi connectivity index (χ0) is 14.0. The van der Waals surface area contributed by atoms with E-state index < -0.39 is 0 Å². The van der Waals surface area contributed by atoms with Gasteiger partial charge in [-0.25, -0.2) is 0 Å². The van der Waals surface area contributed by atoms with Gasteiger partial charge in [-0.3, -0.25) is 0 Å². The van der Waals surface area contributed by atoms with Gasteiger partial charge >= 0.3 is 0 Å². The van der Waals surface area contributed by atoms with Crippen molar-refractivity contribution in [2.24, 2.45) is 0 Å². The van der Waals surface area contributed by atoms with E-state index in [9.17, 15) is 5.11 Å². The third-order valence-electron chi connectivity index (χ3n) is 4.03. The lowest BCUT2D eigenvalue weighted by Gasteiger charge is -2.36. The predicted molar refractivity (Wildman–Crippen MR) is 80.8 cm³/mol. The van der Waals surface area contributed by atoms with Gasteiger partial charge in [0.15, 0.2) is 0 Å². The molecule has 2 atom stereocenters. The first-order chi connectivity index (χ1) is 9.01. The van der Waals surface area contributed by atoms with E-state index in [0.717, 1.165) is 19.5 Å². The molecule has 0 bridgehead atoms. The minimum absolute atomic E-state index is 0.184. The van der Waals surface area contributed by atoms with Gasteiger partial charge in [0.25, 0.3) is 0 Å². The Hall–Kier alpha value is -1.06. The molecule has 1 heterocycles. The number of rotatable bonds is 2. The maximum absolute atomic E-state index is 9.75. The minimum atomic E-state index is 0.184. The number of aliphatic hydroxyl groups is 1. The van der Waals surface area contributed by atoms with Crippen LogP contribution < -0.4 is 4.90 Å². The topological polar surface area (TPSA) is 26.7 Å². The van der Waals surface area contributed by atoms with Crippen molar-refractivity contribution in [3.63, 3.8) is 0 Å². The fourth-order valence-corrected chi connectivity index (χ4v) is 3.16. The van der Waals surface area contributed by atoms with E-state index in [-0.39, 0.29) is 12.6 Å². The van der Waals surface area contributed by atoms with E-state index in [1.165, 1.54) is 16.8 Å². The Labute approximate surface area is 116 Å². The lowest BCUT2D eigenvalue weighted by atomic mass is 10.1. The van der Waals surface area contributed by atoms with Crippen LogP contribution in [0.3, 0.4) is 0 Å². The Bertz CT molecular complexity index is 413. The first kappa shape index (κ1) is 14.4. The standard InChI is InChI=1S/C16H26N2O/c1-12-7-13(2)9-15(8-12)18-14(3)5-6-17(4)10-16(18)11-19/h7-9,14,16,19H,5-6,10-11H2,1-4H3. The lowest BCUT2D eigenvalue weighted by molar-refractivity contribution is 0.228. The van der Waals surface area contributed by atoms with Crippen molar-refractivity contribution in [2.75, 3.05) is 31.6 Å². The molecule has 3 heteroatoms. The highest BCUT2D eigenvalue weighted by Gasteiger charge is 2.28. The molecule has 1 aromatic rings. The molecule has 19 heavy (non-hydrogen) atoms. The molecule has 106 valence electrons. The molecule has 0 radical (unpaired) electrons. The van der Waals surface area contributed by atoms with Crippen LogP contribution in [0.25, 0.3) is 0 Å². The van der Waals surface area contributed by atoms with Gasteiger partial charge in [-0.2, -0.15) is 0 Å². The first-order valence-electron chi connectivity index (χ1n) is 7.17. The van der Waals surface area contributed by atoms with E-state index in [0.29, 0.717) is 6.04 Å². The number of nitrogens with zero attached hydrogens (tertiary/aromatic N) is 2. The number of benzene rings is 1. The van der Waals surface area contributed by atoms with Gasteiger partial charge in [-0.1, -0.05) is 6.07 Å². The fourth-order valence-electron chi connectivity index (χ4n) is 3.16. The number of likely N-dealkylation sites (N-methyl/N-ethyl adjacent to an activating group) is 1. The molecule has 0 amide bonds. The number of aryl methyl sites for hydroxylation is 2. The van der Waals surface area contributed by atoms with Gasteiger partial charge in [0.05, 0.1) is 12.6 Å². The number of aliphatic hydroxyl groups excluding tert-OH is 1. The zero-order valence-electron chi connectivity index (χ0n) is 12.6. The van der Waals surface area contributed by atoms with E-state index in [4.69, 9.17) is 0 Å². The summed E-state index contributed by atoms with van der Waals surface area (Å²) in [5.41, 5.74) is 3.83. The molecule has 2 rings (SSSR count). The summed E-state index contributed by atoms with van der Waals surface area (Å²) in [6.45, 7) is 8.77. The van der Waals surface area contributed by atoms with Crippen molar-refractivity contribution in [3.8, 4) is 0 Å². The van der Waals surface area contributed by atoms with Crippen LogP contribution in [0.2, 0.25) is 0 Å². The maximum Gasteiger partial charge on any atom is 0.0650 e. The molecule has 3 nitrogen and oxygen atoms in total. The third-order valence-corrected chi connectivity index (χ3v) is 4.03. The average molecular weight is 262 g/mol. The highest BCUT2D eigenvalue weighted by Crippen LogP contribution is 2.26. The average Bonchev–Trinajstić information content (AvgIpc) is 2.47. The molecule has 1 fully saturated rings. The van der Waals surface area contributed by atoms with Crippen LogP contribution in [-0.2, 0) is 0 Å². The van der Waals surface area contributed by atoms with Gasteiger partial charge in [-0.05, 0) is 64.0 Å². The second-order valence-corrected chi connectivity index (χ2v) is 5.99. The van der Waals surface area contributed by atoms with Crippen molar-refractivity contribution in [3.05, 3.63) is 29.3 Å². The molecule has 0 aliphatic carbocycles. The second-order valence-electron chi connectivity index (χ2n) is 5.99. The molecule has 1 N–H and O–H groups in total. The summed E-state index contributed by atoms with van der Waals surface area (Å²) in [4.78, 5) is 4.73. The summed E-state index contributed by atoms with van der Waals surface area (Å²) in [6, 6.07) is 7.31. The molecule has 2 unspecified atom stereocenters. The quantitative estimate of drug-likeness (QED) is 0.885. The summed E-state index contributed by atoms with van der Waals surface area (Å²) in [5, 5.41) is 9.75. The van der Waals surface area contributed by atoms with E-state index in [2.05, 4.69) is 55.8 Å². The molecular weight excluding hydrogens is 236 g/mol. The summed E-state index contributed by atoms with van der Waals surface area (Å²) < 4.78 is 0. The second kappa shape index (κ2) is 5.93. The van der Waals surface area contributed by atoms with Crippen LogP contribution in [0.1, 0.15) is 24.5 Å². The van der Waals surface area contributed by atoms with Crippen molar-refractivity contribution in [1.82, 2.24) is 4.90 Å². The van der Waals surface area contributed by atoms with Crippen LogP contribution in [0, 0.1) is 13.8 Å². The Kier molecular flexibility index (Phi) is 4.48. The Balaban J connectivity index is 2.36. The van der Waals surface area contributed by atoms with E-state index >= 15 is 0 Å². The molecular formula is C16H26N2O. The summed E-state index contributed by atoms with van der Waals surface area (Å²) in [7, 11) is 2.14. The van der Waals surface area contributed by atoms with Gasteiger partial charge in [0.1, 0.15) is 0 Å². The Morgan fingerprint density at radius 2 is 1.84 bits per heavy atom.